The molecule has 1 amide bonds. The van der Waals surface area contributed by atoms with Crippen molar-refractivity contribution in [3.8, 4) is 5.69 Å². The molecule has 0 spiro atoms. The number of fused-ring (bicyclic) bond motifs is 1. The van der Waals surface area contributed by atoms with Crippen LogP contribution in [0, 0.1) is 0 Å². The van der Waals surface area contributed by atoms with Crippen molar-refractivity contribution in [2.45, 2.75) is 26.4 Å². The van der Waals surface area contributed by atoms with Gasteiger partial charge in [-0.2, -0.15) is 10.2 Å². The van der Waals surface area contributed by atoms with E-state index in [-0.39, 0.29) is 0 Å². The lowest BCUT2D eigenvalue weighted by molar-refractivity contribution is 0.0635. The Bertz CT molecular complexity index is 1240. The molecule has 10 nitrogen and oxygen atoms in total. The largest absolute Gasteiger partial charge is 0.444 e. The highest BCUT2D eigenvalue weighted by molar-refractivity contribution is 5.88. The van der Waals surface area contributed by atoms with Crippen LogP contribution in [0.25, 0.3) is 16.7 Å². The second kappa shape index (κ2) is 8.80. The molecule has 0 radical (unpaired) electrons. The lowest BCUT2D eigenvalue weighted by Crippen LogP contribution is -2.27. The molecule has 0 saturated carbocycles. The van der Waals surface area contributed by atoms with Gasteiger partial charge in [0, 0.05) is 11.8 Å². The Morgan fingerprint density at radius 3 is 2.59 bits per heavy atom. The monoisotopic (exact) mass is 430 g/mol. The third kappa shape index (κ3) is 5.04. The molecule has 0 atom stereocenters. The highest BCUT2D eigenvalue weighted by Gasteiger charge is 2.16. The van der Waals surface area contributed by atoms with Crippen LogP contribution in [-0.2, 0) is 4.74 Å². The summed E-state index contributed by atoms with van der Waals surface area (Å²) in [5.74, 6) is 0.916. The summed E-state index contributed by atoms with van der Waals surface area (Å²) >= 11 is 0. The number of hydrogen-bond donors (Lipinski definition) is 2. The molecule has 0 saturated heterocycles. The van der Waals surface area contributed by atoms with Crippen molar-refractivity contribution in [1.82, 2.24) is 24.7 Å². The third-order valence-electron chi connectivity index (χ3n) is 4.17. The van der Waals surface area contributed by atoms with Gasteiger partial charge < -0.3 is 4.74 Å². The summed E-state index contributed by atoms with van der Waals surface area (Å²) in [6, 6.07) is 13.2. The van der Waals surface area contributed by atoms with Crippen LogP contribution in [0.4, 0.5) is 16.4 Å². The van der Waals surface area contributed by atoms with Crippen molar-refractivity contribution in [3.63, 3.8) is 0 Å². The molecule has 3 aromatic heterocycles. The van der Waals surface area contributed by atoms with Crippen molar-refractivity contribution in [2.75, 3.05) is 10.7 Å². The minimum Gasteiger partial charge on any atom is -0.444 e. The van der Waals surface area contributed by atoms with E-state index in [1.165, 1.54) is 6.33 Å². The van der Waals surface area contributed by atoms with E-state index in [0.29, 0.717) is 17.3 Å². The first-order valence-corrected chi connectivity index (χ1v) is 9.88. The summed E-state index contributed by atoms with van der Waals surface area (Å²) in [4.78, 5) is 24.6. The Kier molecular flexibility index (Phi) is 5.75. The number of aromatic nitrogens is 5. The van der Waals surface area contributed by atoms with Crippen LogP contribution < -0.4 is 10.7 Å². The Labute approximate surface area is 184 Å². The van der Waals surface area contributed by atoms with Gasteiger partial charge in [0.25, 0.3) is 0 Å². The number of benzene rings is 1. The number of carbonyl (C=O) groups is 1. The fourth-order valence-electron chi connectivity index (χ4n) is 2.82. The van der Waals surface area contributed by atoms with Gasteiger partial charge in [0.15, 0.2) is 11.5 Å². The zero-order chi connectivity index (χ0) is 22.6. The second-order valence-electron chi connectivity index (χ2n) is 7.83. The first-order valence-electron chi connectivity index (χ1n) is 9.88. The topological polar surface area (TPSA) is 119 Å². The van der Waals surface area contributed by atoms with Gasteiger partial charge in [0.05, 0.1) is 23.5 Å². The highest BCUT2D eigenvalue weighted by Crippen LogP contribution is 2.21. The number of carbonyl (C=O) groups excluding carboxylic acids is 1. The van der Waals surface area contributed by atoms with Crippen molar-refractivity contribution in [3.05, 3.63) is 66.7 Å². The number of rotatable bonds is 5. The number of anilines is 2. The highest BCUT2D eigenvalue weighted by atomic mass is 16.6. The molecule has 0 bridgehead atoms. The summed E-state index contributed by atoms with van der Waals surface area (Å²) in [5.41, 5.74) is 4.65. The predicted molar refractivity (Wildman–Crippen MR) is 122 cm³/mol. The quantitative estimate of drug-likeness (QED) is 0.363. The van der Waals surface area contributed by atoms with Gasteiger partial charge in [-0.25, -0.2) is 24.4 Å². The van der Waals surface area contributed by atoms with Gasteiger partial charge >= 0.3 is 6.09 Å². The molecule has 3 heterocycles. The Balaban J connectivity index is 1.43. The van der Waals surface area contributed by atoms with Gasteiger partial charge in [-0.15, -0.1) is 0 Å². The van der Waals surface area contributed by atoms with Crippen LogP contribution in [-0.4, -0.2) is 42.6 Å². The molecule has 0 aliphatic carbocycles. The Morgan fingerprint density at radius 1 is 1.06 bits per heavy atom. The van der Waals surface area contributed by atoms with Crippen LogP contribution in [0.15, 0.2) is 66.3 Å². The normalized spacial score (nSPS) is 11.6. The second-order valence-corrected chi connectivity index (χ2v) is 7.83. The van der Waals surface area contributed by atoms with Gasteiger partial charge in [0.2, 0.25) is 0 Å². The van der Waals surface area contributed by atoms with Crippen molar-refractivity contribution in [2.24, 2.45) is 5.10 Å². The Morgan fingerprint density at radius 2 is 1.88 bits per heavy atom. The average molecular weight is 430 g/mol. The van der Waals surface area contributed by atoms with E-state index in [1.54, 1.807) is 56.2 Å². The van der Waals surface area contributed by atoms with Crippen LogP contribution >= 0.6 is 0 Å². The van der Waals surface area contributed by atoms with E-state index < -0.39 is 11.7 Å². The van der Waals surface area contributed by atoms with E-state index >= 15 is 0 Å². The number of amides is 1. The molecule has 1 aromatic carbocycles. The molecule has 0 aliphatic heterocycles. The van der Waals surface area contributed by atoms with Crippen LogP contribution in [0.3, 0.4) is 0 Å². The number of hydrogen-bond acceptors (Lipinski definition) is 8. The van der Waals surface area contributed by atoms with Crippen molar-refractivity contribution >= 4 is 35.0 Å². The molecule has 0 fully saturated rings. The number of para-hydroxylation sites is 1. The van der Waals surface area contributed by atoms with Gasteiger partial charge in [-0.3, -0.25) is 10.7 Å². The molecule has 10 heteroatoms. The molecule has 4 aromatic rings. The fourth-order valence-corrected chi connectivity index (χ4v) is 2.82. The smallest absolute Gasteiger partial charge is 0.413 e. The van der Waals surface area contributed by atoms with Gasteiger partial charge in [-0.1, -0.05) is 18.2 Å². The predicted octanol–water partition coefficient (Wildman–Crippen LogP) is 4.00. The average Bonchev–Trinajstić information content (AvgIpc) is 3.19. The third-order valence-corrected chi connectivity index (χ3v) is 4.17. The summed E-state index contributed by atoms with van der Waals surface area (Å²) in [6.07, 6.45) is 5.77. The van der Waals surface area contributed by atoms with E-state index in [1.807, 2.05) is 30.3 Å². The van der Waals surface area contributed by atoms with Gasteiger partial charge in [0.1, 0.15) is 17.7 Å². The van der Waals surface area contributed by atoms with Crippen LogP contribution in [0.1, 0.15) is 26.3 Å². The minimum atomic E-state index is -0.577. The molecule has 4 rings (SSSR count). The summed E-state index contributed by atoms with van der Waals surface area (Å²) in [6.45, 7) is 5.39. The molecule has 162 valence electrons. The lowest BCUT2D eigenvalue weighted by Gasteiger charge is -2.19. The molecule has 0 unspecified atom stereocenters. The van der Waals surface area contributed by atoms with E-state index in [4.69, 9.17) is 4.74 Å². The molecule has 0 aliphatic rings. The maximum absolute atomic E-state index is 11.8. The molecular weight excluding hydrogens is 408 g/mol. The van der Waals surface area contributed by atoms with E-state index in [2.05, 4.69) is 35.9 Å². The summed E-state index contributed by atoms with van der Waals surface area (Å²) in [7, 11) is 0. The summed E-state index contributed by atoms with van der Waals surface area (Å²) < 4.78 is 6.95. The maximum Gasteiger partial charge on any atom is 0.413 e. The van der Waals surface area contributed by atoms with Crippen LogP contribution in [0.2, 0.25) is 0 Å². The lowest BCUT2D eigenvalue weighted by atomic mass is 10.2. The molecule has 32 heavy (non-hydrogen) atoms. The van der Waals surface area contributed by atoms with Crippen molar-refractivity contribution in [1.29, 1.82) is 0 Å². The van der Waals surface area contributed by atoms with E-state index in [9.17, 15) is 4.79 Å². The fraction of sp³-hybridized carbons (Fsp3) is 0.182. The SMILES string of the molecule is CC(C)(C)OC(=O)Nc1ccc(/C=N/Nc2ncnc3c2cnn3-c2ccccc2)cn1. The minimum absolute atomic E-state index is 0.384. The molecular formula is C22H22N8O2. The molecule has 2 N–H and O–H groups in total. The first-order chi connectivity index (χ1) is 15.4. The van der Waals surface area contributed by atoms with Gasteiger partial charge in [-0.05, 0) is 45.0 Å². The maximum atomic E-state index is 11.8. The number of pyridine rings is 1. The van der Waals surface area contributed by atoms with Crippen molar-refractivity contribution < 1.29 is 9.53 Å². The zero-order valence-electron chi connectivity index (χ0n) is 17.9. The summed E-state index contributed by atoms with van der Waals surface area (Å²) in [5, 5.41) is 12.0. The Hall–Kier alpha value is -4.34. The standard InChI is InChI=1S/C22H22N8O2/c1-22(2,3)32-21(31)28-18-10-9-15(11-23-18)12-26-29-19-17-13-27-30(20(17)25-14-24-19)16-7-5-4-6-8-16/h4-14H,1-3H3,(H,23,28,31)(H,24,25,29)/b26-12+. The zero-order valence-corrected chi connectivity index (χ0v) is 17.9. The number of nitrogens with zero attached hydrogens (tertiary/aromatic N) is 6. The number of ether oxygens (including phenoxy) is 1. The number of nitrogens with one attached hydrogen (secondary N) is 2. The van der Waals surface area contributed by atoms with Crippen LogP contribution in [0.5, 0.6) is 0 Å². The number of hydrazone groups is 1. The first kappa shape index (κ1) is 20.9. The van der Waals surface area contributed by atoms with E-state index in [0.717, 1.165) is 16.6 Å².